The standard InChI is InChI=1S/C17H25NO4/c1-10(2)13-7-6-8-14(9-13)22-12(5)16(19)18-15(11(3)4)17(20)21/h6-12,15H,1-5H3,(H,18,19)(H,20,21)/t12?,15-/m0/s1. The fourth-order valence-corrected chi connectivity index (χ4v) is 1.99. The van der Waals surface area contributed by atoms with E-state index in [1.165, 1.54) is 0 Å². The summed E-state index contributed by atoms with van der Waals surface area (Å²) in [5, 5.41) is 11.6. The smallest absolute Gasteiger partial charge is 0.326 e. The molecule has 5 heteroatoms. The van der Waals surface area contributed by atoms with Crippen LogP contribution in [0.15, 0.2) is 24.3 Å². The minimum Gasteiger partial charge on any atom is -0.481 e. The van der Waals surface area contributed by atoms with Gasteiger partial charge in [0.25, 0.3) is 5.91 Å². The second kappa shape index (κ2) is 7.82. The molecule has 1 amide bonds. The molecule has 0 aromatic heterocycles. The number of carboxylic acids is 1. The lowest BCUT2D eigenvalue weighted by molar-refractivity contribution is -0.144. The Kier molecular flexibility index (Phi) is 6.40. The van der Waals surface area contributed by atoms with Gasteiger partial charge < -0.3 is 15.2 Å². The van der Waals surface area contributed by atoms with Crippen LogP contribution in [0.5, 0.6) is 5.75 Å². The molecule has 5 nitrogen and oxygen atoms in total. The Hall–Kier alpha value is -2.04. The third-order valence-corrected chi connectivity index (χ3v) is 3.44. The maximum atomic E-state index is 12.1. The summed E-state index contributed by atoms with van der Waals surface area (Å²) in [6, 6.07) is 6.64. The number of carboxylic acid groups (broad SMARTS) is 1. The molecule has 0 spiro atoms. The Balaban J connectivity index is 2.71. The highest BCUT2D eigenvalue weighted by atomic mass is 16.5. The quantitative estimate of drug-likeness (QED) is 0.812. The molecule has 0 aliphatic heterocycles. The van der Waals surface area contributed by atoms with Gasteiger partial charge in [-0.3, -0.25) is 4.79 Å². The highest BCUT2D eigenvalue weighted by Gasteiger charge is 2.26. The van der Waals surface area contributed by atoms with Crippen LogP contribution < -0.4 is 10.1 Å². The van der Waals surface area contributed by atoms with Crippen LogP contribution in [-0.2, 0) is 9.59 Å². The third-order valence-electron chi connectivity index (χ3n) is 3.44. The van der Waals surface area contributed by atoms with Gasteiger partial charge in [0.15, 0.2) is 6.10 Å². The van der Waals surface area contributed by atoms with Crippen LogP contribution in [0.3, 0.4) is 0 Å². The molecule has 2 N–H and O–H groups in total. The Morgan fingerprint density at radius 2 is 1.77 bits per heavy atom. The van der Waals surface area contributed by atoms with E-state index in [-0.39, 0.29) is 5.92 Å². The fourth-order valence-electron chi connectivity index (χ4n) is 1.99. The number of carbonyl (C=O) groups excluding carboxylic acids is 1. The Morgan fingerprint density at radius 3 is 2.27 bits per heavy atom. The fraction of sp³-hybridized carbons (Fsp3) is 0.529. The van der Waals surface area contributed by atoms with Gasteiger partial charge in [-0.2, -0.15) is 0 Å². The molecule has 0 radical (unpaired) electrons. The summed E-state index contributed by atoms with van der Waals surface area (Å²) < 4.78 is 5.62. The summed E-state index contributed by atoms with van der Waals surface area (Å²) in [6.07, 6.45) is -0.761. The number of aliphatic carboxylic acids is 1. The van der Waals surface area contributed by atoms with Crippen molar-refractivity contribution in [2.45, 2.75) is 52.7 Å². The van der Waals surface area contributed by atoms with Gasteiger partial charge >= 0.3 is 5.97 Å². The van der Waals surface area contributed by atoms with Gasteiger partial charge in [-0.25, -0.2) is 4.79 Å². The van der Waals surface area contributed by atoms with E-state index in [0.717, 1.165) is 5.56 Å². The van der Waals surface area contributed by atoms with E-state index in [9.17, 15) is 9.59 Å². The first-order valence-corrected chi connectivity index (χ1v) is 7.52. The molecule has 0 heterocycles. The van der Waals surface area contributed by atoms with Crippen molar-refractivity contribution in [3.63, 3.8) is 0 Å². The van der Waals surface area contributed by atoms with Gasteiger partial charge in [-0.1, -0.05) is 39.8 Å². The number of carbonyl (C=O) groups is 2. The van der Waals surface area contributed by atoms with Crippen LogP contribution in [0.2, 0.25) is 0 Å². The molecule has 122 valence electrons. The predicted molar refractivity (Wildman–Crippen MR) is 85.0 cm³/mol. The molecule has 1 unspecified atom stereocenters. The normalized spacial score (nSPS) is 13.8. The summed E-state index contributed by atoms with van der Waals surface area (Å²) >= 11 is 0. The van der Waals surface area contributed by atoms with E-state index in [1.807, 2.05) is 18.2 Å². The van der Waals surface area contributed by atoms with Crippen LogP contribution in [-0.4, -0.2) is 29.1 Å². The van der Waals surface area contributed by atoms with Gasteiger partial charge in [-0.15, -0.1) is 0 Å². The van der Waals surface area contributed by atoms with Crippen molar-refractivity contribution in [3.05, 3.63) is 29.8 Å². The molecule has 22 heavy (non-hydrogen) atoms. The minimum absolute atomic E-state index is 0.196. The summed E-state index contributed by atoms with van der Waals surface area (Å²) in [7, 11) is 0. The Morgan fingerprint density at radius 1 is 1.14 bits per heavy atom. The van der Waals surface area contributed by atoms with Crippen LogP contribution in [0, 0.1) is 5.92 Å². The zero-order valence-electron chi connectivity index (χ0n) is 13.8. The van der Waals surface area contributed by atoms with Crippen molar-refractivity contribution in [1.82, 2.24) is 5.32 Å². The number of rotatable bonds is 7. The summed E-state index contributed by atoms with van der Waals surface area (Å²) in [5.41, 5.74) is 1.12. The highest BCUT2D eigenvalue weighted by molar-refractivity contribution is 5.86. The molecule has 1 rings (SSSR count). The maximum Gasteiger partial charge on any atom is 0.326 e. The molecular weight excluding hydrogens is 282 g/mol. The molecule has 1 aromatic carbocycles. The molecule has 0 bridgehead atoms. The average molecular weight is 307 g/mol. The zero-order chi connectivity index (χ0) is 16.9. The number of hydrogen-bond acceptors (Lipinski definition) is 3. The molecular formula is C17H25NO4. The largest absolute Gasteiger partial charge is 0.481 e. The first-order chi connectivity index (χ1) is 10.2. The Bertz CT molecular complexity index is 525. The number of amides is 1. The van der Waals surface area contributed by atoms with Crippen molar-refractivity contribution in [2.75, 3.05) is 0 Å². The molecule has 0 aliphatic rings. The number of benzene rings is 1. The Labute approximate surface area is 131 Å². The van der Waals surface area contributed by atoms with E-state index < -0.39 is 24.0 Å². The lowest BCUT2D eigenvalue weighted by atomic mass is 10.0. The number of hydrogen-bond donors (Lipinski definition) is 2. The second-order valence-corrected chi connectivity index (χ2v) is 6.06. The maximum absolute atomic E-state index is 12.1. The minimum atomic E-state index is -1.04. The first-order valence-electron chi connectivity index (χ1n) is 7.52. The first kappa shape index (κ1) is 18.0. The van der Waals surface area contributed by atoms with Gasteiger partial charge in [0.05, 0.1) is 0 Å². The van der Waals surface area contributed by atoms with Crippen molar-refractivity contribution in [1.29, 1.82) is 0 Å². The molecule has 0 saturated carbocycles. The molecule has 1 aromatic rings. The van der Waals surface area contributed by atoms with Crippen molar-refractivity contribution in [3.8, 4) is 5.75 Å². The van der Waals surface area contributed by atoms with Gasteiger partial charge in [0, 0.05) is 0 Å². The monoisotopic (exact) mass is 307 g/mol. The van der Waals surface area contributed by atoms with Crippen LogP contribution in [0.1, 0.15) is 46.1 Å². The number of ether oxygens (including phenoxy) is 1. The van der Waals surface area contributed by atoms with Crippen LogP contribution in [0.25, 0.3) is 0 Å². The van der Waals surface area contributed by atoms with Gasteiger partial charge in [0.1, 0.15) is 11.8 Å². The van der Waals surface area contributed by atoms with Gasteiger partial charge in [0.2, 0.25) is 0 Å². The summed E-state index contributed by atoms with van der Waals surface area (Å²) in [5.74, 6) is -0.707. The van der Waals surface area contributed by atoms with Gasteiger partial charge in [-0.05, 0) is 36.5 Å². The van der Waals surface area contributed by atoms with E-state index in [1.54, 1.807) is 26.8 Å². The lowest BCUT2D eigenvalue weighted by Crippen LogP contribution is -2.48. The SMILES string of the molecule is CC(Oc1cccc(C(C)C)c1)C(=O)N[C@H](C(=O)O)C(C)C. The average Bonchev–Trinajstić information content (AvgIpc) is 2.43. The molecule has 0 fully saturated rings. The van der Waals surface area contributed by atoms with E-state index in [2.05, 4.69) is 19.2 Å². The predicted octanol–water partition coefficient (Wildman–Crippen LogP) is 2.80. The second-order valence-electron chi connectivity index (χ2n) is 6.06. The van der Waals surface area contributed by atoms with Crippen LogP contribution >= 0.6 is 0 Å². The van der Waals surface area contributed by atoms with E-state index >= 15 is 0 Å². The van der Waals surface area contributed by atoms with Crippen molar-refractivity contribution in [2.24, 2.45) is 5.92 Å². The van der Waals surface area contributed by atoms with Crippen molar-refractivity contribution >= 4 is 11.9 Å². The zero-order valence-corrected chi connectivity index (χ0v) is 13.8. The topological polar surface area (TPSA) is 75.6 Å². The van der Waals surface area contributed by atoms with Crippen molar-refractivity contribution < 1.29 is 19.4 Å². The van der Waals surface area contributed by atoms with Crippen LogP contribution in [0.4, 0.5) is 0 Å². The number of nitrogens with one attached hydrogen (secondary N) is 1. The highest BCUT2D eigenvalue weighted by Crippen LogP contribution is 2.21. The third kappa shape index (κ3) is 5.06. The summed E-state index contributed by atoms with van der Waals surface area (Å²) in [6.45, 7) is 9.26. The van der Waals surface area contributed by atoms with E-state index in [4.69, 9.17) is 9.84 Å². The summed E-state index contributed by atoms with van der Waals surface area (Å²) in [4.78, 5) is 23.2. The molecule has 2 atom stereocenters. The lowest BCUT2D eigenvalue weighted by Gasteiger charge is -2.21. The van der Waals surface area contributed by atoms with E-state index in [0.29, 0.717) is 11.7 Å². The molecule has 0 aliphatic carbocycles. The molecule has 0 saturated heterocycles.